The predicted octanol–water partition coefficient (Wildman–Crippen LogP) is -0.729. The summed E-state index contributed by atoms with van der Waals surface area (Å²) >= 11 is 0. The molecule has 1 amide bonds. The van der Waals surface area contributed by atoms with Crippen molar-refractivity contribution in [3.63, 3.8) is 0 Å². The van der Waals surface area contributed by atoms with Gasteiger partial charge in [-0.05, 0) is 5.18 Å². The van der Waals surface area contributed by atoms with Gasteiger partial charge in [0.1, 0.15) is 0 Å². The fourth-order valence-corrected chi connectivity index (χ4v) is 0.503. The van der Waals surface area contributed by atoms with Gasteiger partial charge in [-0.3, -0.25) is 4.79 Å². The van der Waals surface area contributed by atoms with Crippen LogP contribution in [-0.4, -0.2) is 12.6 Å². The fraction of sp³-hybridized carbons (Fsp3) is 0.250. The summed E-state index contributed by atoms with van der Waals surface area (Å²) in [6.45, 7) is 0.359. The molecule has 1 rings (SSSR count). The van der Waals surface area contributed by atoms with Gasteiger partial charge in [-0.25, -0.2) is 0 Å². The number of rotatable bonds is 1. The van der Waals surface area contributed by atoms with Crippen molar-refractivity contribution in [2.75, 3.05) is 6.67 Å². The van der Waals surface area contributed by atoms with E-state index >= 15 is 0 Å². The normalized spacial score (nSPS) is 17.3. The van der Waals surface area contributed by atoms with E-state index in [1.807, 2.05) is 0 Å². The molecular formula is C4H5N3O2. The number of carbonyl (C=O) groups excluding carboxylic acids is 1. The van der Waals surface area contributed by atoms with Crippen molar-refractivity contribution in [2.45, 2.75) is 0 Å². The molecule has 1 aliphatic rings. The number of nitrogens with zero attached hydrogens (tertiary/aromatic N) is 1. The molecule has 5 heteroatoms. The van der Waals surface area contributed by atoms with E-state index in [0.29, 0.717) is 6.67 Å². The monoisotopic (exact) mass is 127 g/mol. The van der Waals surface area contributed by atoms with Crippen LogP contribution in [0.3, 0.4) is 0 Å². The second-order valence-corrected chi connectivity index (χ2v) is 1.51. The Labute approximate surface area is 51.1 Å². The highest BCUT2D eigenvalue weighted by molar-refractivity contribution is 5.93. The second kappa shape index (κ2) is 2.25. The lowest BCUT2D eigenvalue weighted by atomic mass is 10.4. The van der Waals surface area contributed by atoms with Crippen LogP contribution < -0.4 is 10.6 Å². The van der Waals surface area contributed by atoms with E-state index < -0.39 is 5.91 Å². The highest BCUT2D eigenvalue weighted by atomic mass is 16.3. The van der Waals surface area contributed by atoms with Gasteiger partial charge in [0, 0.05) is 6.20 Å². The summed E-state index contributed by atoms with van der Waals surface area (Å²) in [7, 11) is 0. The first-order valence-electron chi connectivity index (χ1n) is 2.39. The van der Waals surface area contributed by atoms with Gasteiger partial charge in [0.2, 0.25) is 0 Å². The van der Waals surface area contributed by atoms with Crippen molar-refractivity contribution in [1.82, 2.24) is 10.6 Å². The highest BCUT2D eigenvalue weighted by Gasteiger charge is 2.11. The molecule has 0 aromatic rings. The maximum atomic E-state index is 10.5. The zero-order chi connectivity index (χ0) is 6.69. The summed E-state index contributed by atoms with van der Waals surface area (Å²) in [5.74, 6) is -0.427. The standard InChI is InChI=1S/C4H5N3O2/c8-4-3(7-9)1-5-2-6-4/h1,5H,2H2,(H,6,8). The molecule has 48 valence electrons. The summed E-state index contributed by atoms with van der Waals surface area (Å²) in [6.07, 6.45) is 1.28. The van der Waals surface area contributed by atoms with Crippen LogP contribution in [0.25, 0.3) is 0 Å². The first kappa shape index (κ1) is 5.74. The molecule has 0 aliphatic carbocycles. The minimum absolute atomic E-state index is 0.110. The van der Waals surface area contributed by atoms with Crippen LogP contribution in [0.4, 0.5) is 0 Å². The summed E-state index contributed by atoms with van der Waals surface area (Å²) in [5.41, 5.74) is -0.110. The van der Waals surface area contributed by atoms with E-state index in [4.69, 9.17) is 0 Å². The number of nitroso groups, excluding NO2 is 1. The molecule has 2 N–H and O–H groups in total. The number of carbonyl (C=O) groups is 1. The molecule has 0 atom stereocenters. The van der Waals surface area contributed by atoms with Gasteiger partial charge in [0.15, 0.2) is 5.70 Å². The Morgan fingerprint density at radius 2 is 2.44 bits per heavy atom. The molecule has 9 heavy (non-hydrogen) atoms. The topological polar surface area (TPSA) is 70.6 Å². The van der Waals surface area contributed by atoms with Crippen LogP contribution in [0.1, 0.15) is 0 Å². The average Bonchev–Trinajstić information content (AvgIpc) is 1.89. The smallest absolute Gasteiger partial charge is 0.276 e. The summed E-state index contributed by atoms with van der Waals surface area (Å²) in [5, 5.41) is 7.46. The van der Waals surface area contributed by atoms with Crippen LogP contribution in [0, 0.1) is 4.91 Å². The van der Waals surface area contributed by atoms with Gasteiger partial charge in [-0.1, -0.05) is 0 Å². The Hall–Kier alpha value is -1.39. The molecule has 0 spiro atoms. The first-order chi connectivity index (χ1) is 4.34. The van der Waals surface area contributed by atoms with E-state index in [0.717, 1.165) is 0 Å². The van der Waals surface area contributed by atoms with Crippen LogP contribution in [-0.2, 0) is 4.79 Å². The molecule has 0 unspecified atom stereocenters. The quantitative estimate of drug-likeness (QED) is 0.456. The average molecular weight is 127 g/mol. The molecule has 0 aromatic heterocycles. The molecule has 0 bridgehead atoms. The van der Waals surface area contributed by atoms with Crippen molar-refractivity contribution in [2.24, 2.45) is 5.18 Å². The number of nitrogens with one attached hydrogen (secondary N) is 2. The molecule has 0 aromatic carbocycles. The Kier molecular flexibility index (Phi) is 1.44. The summed E-state index contributed by atoms with van der Waals surface area (Å²) < 4.78 is 0. The van der Waals surface area contributed by atoms with E-state index in [1.165, 1.54) is 6.20 Å². The molecular weight excluding hydrogens is 122 g/mol. The molecule has 0 radical (unpaired) electrons. The number of amides is 1. The Bertz CT molecular complexity index is 175. The Morgan fingerprint density at radius 3 is 2.89 bits per heavy atom. The SMILES string of the molecule is O=NC1=CNCNC1=O. The van der Waals surface area contributed by atoms with E-state index in [2.05, 4.69) is 15.8 Å². The molecule has 1 heterocycles. The number of hydrogen-bond donors (Lipinski definition) is 2. The zero-order valence-electron chi connectivity index (χ0n) is 4.55. The predicted molar refractivity (Wildman–Crippen MR) is 30.0 cm³/mol. The van der Waals surface area contributed by atoms with Crippen LogP contribution >= 0.6 is 0 Å². The largest absolute Gasteiger partial charge is 0.372 e. The molecule has 1 aliphatic heterocycles. The molecule has 0 saturated heterocycles. The lowest BCUT2D eigenvalue weighted by Crippen LogP contribution is -2.36. The van der Waals surface area contributed by atoms with Crippen molar-refractivity contribution < 1.29 is 4.79 Å². The Balaban J connectivity index is 2.75. The Morgan fingerprint density at radius 1 is 1.67 bits per heavy atom. The molecule has 0 saturated carbocycles. The second-order valence-electron chi connectivity index (χ2n) is 1.51. The van der Waals surface area contributed by atoms with Crippen molar-refractivity contribution in [3.8, 4) is 0 Å². The summed E-state index contributed by atoms with van der Waals surface area (Å²) in [4.78, 5) is 20.3. The third-order valence-electron chi connectivity index (χ3n) is 0.921. The van der Waals surface area contributed by atoms with Crippen molar-refractivity contribution in [3.05, 3.63) is 16.8 Å². The lowest BCUT2D eigenvalue weighted by molar-refractivity contribution is -0.118. The third kappa shape index (κ3) is 1.04. The lowest BCUT2D eigenvalue weighted by Gasteiger charge is -2.08. The summed E-state index contributed by atoms with van der Waals surface area (Å²) in [6, 6.07) is 0. The maximum Gasteiger partial charge on any atom is 0.276 e. The van der Waals surface area contributed by atoms with Crippen molar-refractivity contribution >= 4 is 5.91 Å². The van der Waals surface area contributed by atoms with E-state index in [1.54, 1.807) is 0 Å². The van der Waals surface area contributed by atoms with Crippen LogP contribution in [0.15, 0.2) is 17.1 Å². The third-order valence-corrected chi connectivity index (χ3v) is 0.921. The maximum absolute atomic E-state index is 10.5. The zero-order valence-corrected chi connectivity index (χ0v) is 4.55. The van der Waals surface area contributed by atoms with E-state index in [-0.39, 0.29) is 5.70 Å². The van der Waals surface area contributed by atoms with Gasteiger partial charge in [-0.2, -0.15) is 0 Å². The highest BCUT2D eigenvalue weighted by Crippen LogP contribution is 1.95. The van der Waals surface area contributed by atoms with Gasteiger partial charge in [0.05, 0.1) is 6.67 Å². The number of hydrogen-bond acceptors (Lipinski definition) is 4. The van der Waals surface area contributed by atoms with Crippen LogP contribution in [0.2, 0.25) is 0 Å². The van der Waals surface area contributed by atoms with E-state index in [9.17, 15) is 9.70 Å². The van der Waals surface area contributed by atoms with Gasteiger partial charge in [0.25, 0.3) is 5.91 Å². The molecule has 0 fully saturated rings. The fourth-order valence-electron chi connectivity index (χ4n) is 0.503. The minimum atomic E-state index is -0.427. The van der Waals surface area contributed by atoms with Crippen molar-refractivity contribution in [1.29, 1.82) is 0 Å². The van der Waals surface area contributed by atoms with Gasteiger partial charge < -0.3 is 10.6 Å². The van der Waals surface area contributed by atoms with Gasteiger partial charge in [-0.15, -0.1) is 4.91 Å². The van der Waals surface area contributed by atoms with Gasteiger partial charge >= 0.3 is 0 Å². The van der Waals surface area contributed by atoms with Crippen LogP contribution in [0.5, 0.6) is 0 Å². The minimum Gasteiger partial charge on any atom is -0.372 e. The molecule has 5 nitrogen and oxygen atoms in total. The first-order valence-corrected chi connectivity index (χ1v) is 2.39.